The van der Waals surface area contributed by atoms with E-state index in [1.165, 1.54) is 11.1 Å². The van der Waals surface area contributed by atoms with E-state index in [0.717, 1.165) is 39.8 Å². The zero-order valence-corrected chi connectivity index (χ0v) is 27.8. The maximum Gasteiger partial charge on any atom is 0.333 e. The van der Waals surface area contributed by atoms with Crippen molar-refractivity contribution in [3.63, 3.8) is 0 Å². The van der Waals surface area contributed by atoms with Crippen LogP contribution in [0.25, 0.3) is 23.3 Å². The van der Waals surface area contributed by atoms with Crippen molar-refractivity contribution >= 4 is 41.2 Å². The minimum atomic E-state index is -0.806. The van der Waals surface area contributed by atoms with E-state index in [4.69, 9.17) is 14.2 Å². The zero-order chi connectivity index (χ0) is 34.6. The maximum absolute atomic E-state index is 11.8. The molecule has 0 saturated carbocycles. The molecule has 0 saturated heterocycles. The average molecular weight is 650 g/mol. The molecular weight excluding hydrogens is 610 g/mol. The SMILES string of the molecule is C=CC(=O)OC(COC(=O)C(=C)C)COc1ccc(-c2ccc(N(c3ccccc3)c3ccc(/C=C/c4ccc(C)cc4)cc3)cc2)cc1. The molecule has 5 aromatic carbocycles. The second-order valence-electron chi connectivity index (χ2n) is 11.5. The molecule has 0 fully saturated rings. The number of hydrogen-bond acceptors (Lipinski definition) is 6. The molecule has 0 aliphatic rings. The lowest BCUT2D eigenvalue weighted by Gasteiger charge is -2.25. The van der Waals surface area contributed by atoms with Crippen molar-refractivity contribution in [1.82, 2.24) is 0 Å². The maximum atomic E-state index is 11.8. The van der Waals surface area contributed by atoms with Crippen LogP contribution in [0.5, 0.6) is 5.75 Å². The first-order valence-corrected chi connectivity index (χ1v) is 16.0. The lowest BCUT2D eigenvalue weighted by atomic mass is 10.0. The largest absolute Gasteiger partial charge is 0.490 e. The molecule has 0 N–H and O–H groups in total. The van der Waals surface area contributed by atoms with Gasteiger partial charge < -0.3 is 19.1 Å². The molecule has 0 radical (unpaired) electrons. The van der Waals surface area contributed by atoms with Gasteiger partial charge in [0.2, 0.25) is 0 Å². The first kappa shape index (κ1) is 34.2. The van der Waals surface area contributed by atoms with Crippen LogP contribution in [-0.4, -0.2) is 31.3 Å². The monoisotopic (exact) mass is 649 g/mol. The molecule has 0 heterocycles. The predicted octanol–water partition coefficient (Wildman–Crippen LogP) is 9.90. The Labute approximate surface area is 288 Å². The van der Waals surface area contributed by atoms with Crippen LogP contribution in [0, 0.1) is 6.92 Å². The van der Waals surface area contributed by atoms with Gasteiger partial charge in [-0.1, -0.05) is 110 Å². The summed E-state index contributed by atoms with van der Waals surface area (Å²) in [4.78, 5) is 25.8. The van der Waals surface area contributed by atoms with Crippen LogP contribution in [-0.2, 0) is 19.1 Å². The molecule has 0 bridgehead atoms. The highest BCUT2D eigenvalue weighted by molar-refractivity contribution is 5.87. The van der Waals surface area contributed by atoms with Gasteiger partial charge in [0.1, 0.15) is 19.0 Å². The van der Waals surface area contributed by atoms with Gasteiger partial charge in [-0.15, -0.1) is 0 Å². The fraction of sp³-hybridized carbons (Fsp3) is 0.116. The van der Waals surface area contributed by atoms with Gasteiger partial charge in [-0.05, 0) is 84.6 Å². The molecule has 0 aliphatic carbocycles. The molecule has 0 amide bonds. The van der Waals surface area contributed by atoms with Gasteiger partial charge >= 0.3 is 11.9 Å². The van der Waals surface area contributed by atoms with E-state index >= 15 is 0 Å². The van der Waals surface area contributed by atoms with Crippen LogP contribution in [0.15, 0.2) is 152 Å². The Kier molecular flexibility index (Phi) is 11.6. The number of benzene rings is 5. The van der Waals surface area contributed by atoms with Gasteiger partial charge in [0.05, 0.1) is 0 Å². The number of carbonyl (C=O) groups is 2. The van der Waals surface area contributed by atoms with E-state index in [2.05, 4.69) is 122 Å². The van der Waals surface area contributed by atoms with Crippen LogP contribution in [0.1, 0.15) is 23.6 Å². The van der Waals surface area contributed by atoms with Gasteiger partial charge in [0, 0.05) is 28.7 Å². The predicted molar refractivity (Wildman–Crippen MR) is 198 cm³/mol. The van der Waals surface area contributed by atoms with Crippen LogP contribution in [0.3, 0.4) is 0 Å². The minimum Gasteiger partial charge on any atom is -0.490 e. The number of esters is 2. The summed E-state index contributed by atoms with van der Waals surface area (Å²) < 4.78 is 16.3. The van der Waals surface area contributed by atoms with Gasteiger partial charge in [0.25, 0.3) is 0 Å². The van der Waals surface area contributed by atoms with E-state index in [9.17, 15) is 9.59 Å². The minimum absolute atomic E-state index is 0.00354. The average Bonchev–Trinajstić information content (AvgIpc) is 3.14. The molecule has 1 unspecified atom stereocenters. The van der Waals surface area contributed by atoms with Crippen molar-refractivity contribution < 1.29 is 23.8 Å². The first-order valence-electron chi connectivity index (χ1n) is 16.0. The Morgan fingerprint density at radius 3 is 1.76 bits per heavy atom. The number of aryl methyl sites for hydroxylation is 1. The second kappa shape index (κ2) is 16.6. The molecule has 5 rings (SSSR count). The third kappa shape index (κ3) is 9.69. The van der Waals surface area contributed by atoms with Crippen molar-refractivity contribution in [1.29, 1.82) is 0 Å². The molecule has 6 nitrogen and oxygen atoms in total. The molecule has 49 heavy (non-hydrogen) atoms. The lowest BCUT2D eigenvalue weighted by Crippen LogP contribution is -2.30. The molecular formula is C43H39NO5. The Bertz CT molecular complexity index is 1890. The number of ether oxygens (including phenoxy) is 3. The Hall–Kier alpha value is -6.14. The zero-order valence-electron chi connectivity index (χ0n) is 27.8. The first-order chi connectivity index (χ1) is 23.8. The molecule has 1 atom stereocenters. The molecule has 246 valence electrons. The normalized spacial score (nSPS) is 11.4. The summed E-state index contributed by atoms with van der Waals surface area (Å²) in [7, 11) is 0. The summed E-state index contributed by atoms with van der Waals surface area (Å²) in [5.74, 6) is -0.617. The molecule has 0 spiro atoms. The smallest absolute Gasteiger partial charge is 0.333 e. The van der Waals surface area contributed by atoms with E-state index in [0.29, 0.717) is 5.75 Å². The summed E-state index contributed by atoms with van der Waals surface area (Å²) >= 11 is 0. The summed E-state index contributed by atoms with van der Waals surface area (Å²) in [5.41, 5.74) is 9.00. The van der Waals surface area contributed by atoms with E-state index in [1.54, 1.807) is 6.92 Å². The third-order valence-corrected chi connectivity index (χ3v) is 7.66. The van der Waals surface area contributed by atoms with Crippen molar-refractivity contribution in [3.8, 4) is 16.9 Å². The molecule has 0 aromatic heterocycles. The number of rotatable bonds is 14. The fourth-order valence-corrected chi connectivity index (χ4v) is 4.98. The lowest BCUT2D eigenvalue weighted by molar-refractivity contribution is -0.154. The van der Waals surface area contributed by atoms with E-state index in [-0.39, 0.29) is 18.8 Å². The standard InChI is InChI=1S/C43H39NO5/c1-5-42(45)49-41(30-48-43(46)31(2)3)29-47-40-27-21-36(22-28-40)35-19-25-39(26-20-35)44(37-9-7-6-8-10-37)38-23-17-34(18-24-38)16-15-33-13-11-32(4)12-14-33/h5-28,41H,1-2,29-30H2,3-4H3/b16-15+. The van der Waals surface area contributed by atoms with Gasteiger partial charge in [-0.3, -0.25) is 0 Å². The summed E-state index contributed by atoms with van der Waals surface area (Å²) in [5, 5.41) is 0. The molecule has 6 heteroatoms. The highest BCUT2D eigenvalue weighted by Crippen LogP contribution is 2.36. The molecule has 0 aliphatic heterocycles. The number of para-hydroxylation sites is 1. The number of nitrogens with zero attached hydrogens (tertiary/aromatic N) is 1. The summed E-state index contributed by atoms with van der Waals surface area (Å²) in [6, 6.07) is 43.4. The molecule has 5 aromatic rings. The van der Waals surface area contributed by atoms with Crippen LogP contribution < -0.4 is 9.64 Å². The van der Waals surface area contributed by atoms with Gasteiger partial charge in [-0.25, -0.2) is 9.59 Å². The van der Waals surface area contributed by atoms with Gasteiger partial charge in [-0.2, -0.15) is 0 Å². The second-order valence-corrected chi connectivity index (χ2v) is 11.5. The van der Waals surface area contributed by atoms with Crippen molar-refractivity contribution in [3.05, 3.63) is 169 Å². The highest BCUT2D eigenvalue weighted by atomic mass is 16.6. The van der Waals surface area contributed by atoms with Crippen molar-refractivity contribution in [2.45, 2.75) is 20.0 Å². The van der Waals surface area contributed by atoms with Crippen molar-refractivity contribution in [2.24, 2.45) is 0 Å². The Balaban J connectivity index is 1.28. The quantitative estimate of drug-likeness (QED) is 0.0678. The highest BCUT2D eigenvalue weighted by Gasteiger charge is 2.18. The summed E-state index contributed by atoms with van der Waals surface area (Å²) in [6.45, 7) is 10.5. The number of hydrogen-bond donors (Lipinski definition) is 0. The number of anilines is 3. The Morgan fingerprint density at radius 1 is 0.694 bits per heavy atom. The van der Waals surface area contributed by atoms with Crippen LogP contribution in [0.2, 0.25) is 0 Å². The topological polar surface area (TPSA) is 65.1 Å². The van der Waals surface area contributed by atoms with E-state index in [1.807, 2.05) is 42.5 Å². The van der Waals surface area contributed by atoms with Crippen molar-refractivity contribution in [2.75, 3.05) is 18.1 Å². The van der Waals surface area contributed by atoms with E-state index < -0.39 is 18.0 Å². The van der Waals surface area contributed by atoms with Gasteiger partial charge in [0.15, 0.2) is 6.10 Å². The Morgan fingerprint density at radius 2 is 1.20 bits per heavy atom. The number of carbonyl (C=O) groups excluding carboxylic acids is 2. The summed E-state index contributed by atoms with van der Waals surface area (Å²) in [6.07, 6.45) is 4.50. The van der Waals surface area contributed by atoms with Crippen LogP contribution in [0.4, 0.5) is 17.1 Å². The van der Waals surface area contributed by atoms with Crippen LogP contribution >= 0.6 is 0 Å². The fourth-order valence-electron chi connectivity index (χ4n) is 4.98. The third-order valence-electron chi connectivity index (χ3n) is 7.66.